The molecule has 1 saturated carbocycles. The van der Waals surface area contributed by atoms with Gasteiger partial charge in [0.1, 0.15) is 0 Å². The molecule has 1 aromatic heterocycles. The van der Waals surface area contributed by atoms with Crippen LogP contribution in [-0.4, -0.2) is 5.11 Å². The van der Waals surface area contributed by atoms with Crippen LogP contribution in [0.4, 0.5) is 0 Å². The van der Waals surface area contributed by atoms with Crippen LogP contribution in [0.2, 0.25) is 0 Å². The summed E-state index contributed by atoms with van der Waals surface area (Å²) in [6.07, 6.45) is 4.20. The summed E-state index contributed by atoms with van der Waals surface area (Å²) >= 11 is 5.24. The minimum Gasteiger partial charge on any atom is -0.384 e. The van der Waals surface area contributed by atoms with Crippen LogP contribution in [0.3, 0.4) is 0 Å². The molecule has 3 heteroatoms. The van der Waals surface area contributed by atoms with Crippen molar-refractivity contribution < 1.29 is 5.11 Å². The topological polar surface area (TPSA) is 20.2 Å². The van der Waals surface area contributed by atoms with Gasteiger partial charge in [-0.3, -0.25) is 0 Å². The Hall–Kier alpha value is -0.640. The molecule has 2 aromatic rings. The highest BCUT2D eigenvalue weighted by Crippen LogP contribution is 2.49. The third kappa shape index (κ3) is 2.39. The van der Waals surface area contributed by atoms with Gasteiger partial charge in [0.15, 0.2) is 0 Å². The van der Waals surface area contributed by atoms with E-state index < -0.39 is 5.60 Å². The fourth-order valence-corrected chi connectivity index (χ4v) is 4.91. The molecule has 0 spiro atoms. The van der Waals surface area contributed by atoms with Crippen molar-refractivity contribution in [1.29, 1.82) is 0 Å². The van der Waals surface area contributed by atoms with E-state index in [-0.39, 0.29) is 5.92 Å². The standard InChI is InChI=1S/C16H17BrOS/c17-15-11-19-10-14(15)16(18)9-5-4-8-13(16)12-6-2-1-3-7-12/h1-3,6-7,10-11,13,18H,4-5,8-9H2. The number of aliphatic hydroxyl groups is 1. The number of thiophene rings is 1. The first-order valence-electron chi connectivity index (χ1n) is 6.71. The Bertz CT molecular complexity index is 551. The van der Waals surface area contributed by atoms with Crippen molar-refractivity contribution in [2.75, 3.05) is 0 Å². The molecule has 3 rings (SSSR count). The summed E-state index contributed by atoms with van der Waals surface area (Å²) in [6, 6.07) is 10.4. The van der Waals surface area contributed by atoms with Gasteiger partial charge in [-0.1, -0.05) is 43.2 Å². The van der Waals surface area contributed by atoms with Gasteiger partial charge in [-0.25, -0.2) is 0 Å². The Balaban J connectivity index is 2.04. The molecule has 2 atom stereocenters. The number of hydrogen-bond acceptors (Lipinski definition) is 2. The van der Waals surface area contributed by atoms with Gasteiger partial charge in [0.2, 0.25) is 0 Å². The van der Waals surface area contributed by atoms with Crippen molar-refractivity contribution in [3.8, 4) is 0 Å². The van der Waals surface area contributed by atoms with Crippen LogP contribution in [0.1, 0.15) is 42.7 Å². The Labute approximate surface area is 126 Å². The summed E-state index contributed by atoms with van der Waals surface area (Å²) in [5, 5.41) is 15.5. The molecule has 0 radical (unpaired) electrons. The van der Waals surface area contributed by atoms with Gasteiger partial charge in [0, 0.05) is 21.3 Å². The van der Waals surface area contributed by atoms with Crippen LogP contribution >= 0.6 is 27.3 Å². The van der Waals surface area contributed by atoms with Crippen molar-refractivity contribution in [2.24, 2.45) is 0 Å². The molecule has 1 N–H and O–H groups in total. The summed E-state index contributed by atoms with van der Waals surface area (Å²) in [5.74, 6) is 0.202. The van der Waals surface area contributed by atoms with E-state index in [1.807, 2.05) is 6.07 Å². The maximum atomic E-state index is 11.3. The van der Waals surface area contributed by atoms with Crippen molar-refractivity contribution in [3.63, 3.8) is 0 Å². The molecule has 1 heterocycles. The molecule has 0 aliphatic heterocycles. The number of benzene rings is 1. The summed E-state index contributed by atoms with van der Waals surface area (Å²) in [5.41, 5.74) is 1.59. The molecular formula is C16H17BrOS. The zero-order valence-electron chi connectivity index (χ0n) is 10.7. The second-order valence-electron chi connectivity index (χ2n) is 5.27. The van der Waals surface area contributed by atoms with E-state index in [1.165, 1.54) is 12.0 Å². The molecule has 2 unspecified atom stereocenters. The average Bonchev–Trinajstić information content (AvgIpc) is 2.87. The third-order valence-corrected chi connectivity index (χ3v) is 5.86. The van der Waals surface area contributed by atoms with Gasteiger partial charge in [-0.05, 0) is 39.7 Å². The van der Waals surface area contributed by atoms with Crippen LogP contribution < -0.4 is 0 Å². The Morgan fingerprint density at radius 3 is 2.63 bits per heavy atom. The van der Waals surface area contributed by atoms with Crippen molar-refractivity contribution in [3.05, 3.63) is 56.7 Å². The van der Waals surface area contributed by atoms with Crippen LogP contribution in [0, 0.1) is 0 Å². The maximum Gasteiger partial charge on any atom is 0.0983 e. The second-order valence-corrected chi connectivity index (χ2v) is 6.86. The van der Waals surface area contributed by atoms with Gasteiger partial charge in [-0.15, -0.1) is 0 Å². The van der Waals surface area contributed by atoms with E-state index in [2.05, 4.69) is 51.0 Å². The van der Waals surface area contributed by atoms with Gasteiger partial charge in [0.05, 0.1) is 5.60 Å². The quantitative estimate of drug-likeness (QED) is 0.812. The van der Waals surface area contributed by atoms with Crippen LogP contribution in [0.5, 0.6) is 0 Å². The first-order chi connectivity index (χ1) is 9.22. The van der Waals surface area contributed by atoms with Crippen molar-refractivity contribution in [2.45, 2.75) is 37.2 Å². The Morgan fingerprint density at radius 1 is 1.16 bits per heavy atom. The summed E-state index contributed by atoms with van der Waals surface area (Å²) < 4.78 is 1.04. The van der Waals surface area contributed by atoms with Gasteiger partial charge < -0.3 is 5.11 Å². The minimum atomic E-state index is -0.724. The highest BCUT2D eigenvalue weighted by molar-refractivity contribution is 9.10. The smallest absolute Gasteiger partial charge is 0.0983 e. The highest BCUT2D eigenvalue weighted by atomic mass is 79.9. The summed E-state index contributed by atoms with van der Waals surface area (Å²) in [4.78, 5) is 0. The molecule has 0 amide bonds. The Kier molecular flexibility index (Phi) is 3.79. The minimum absolute atomic E-state index is 0.202. The van der Waals surface area contributed by atoms with E-state index in [4.69, 9.17) is 0 Å². The lowest BCUT2D eigenvalue weighted by Crippen LogP contribution is -2.36. The molecule has 100 valence electrons. The number of rotatable bonds is 2. The van der Waals surface area contributed by atoms with E-state index in [1.54, 1.807) is 11.3 Å². The maximum absolute atomic E-state index is 11.3. The monoisotopic (exact) mass is 336 g/mol. The first-order valence-corrected chi connectivity index (χ1v) is 8.45. The average molecular weight is 337 g/mol. The molecule has 19 heavy (non-hydrogen) atoms. The lowest BCUT2D eigenvalue weighted by molar-refractivity contribution is -0.0226. The second kappa shape index (κ2) is 5.39. The lowest BCUT2D eigenvalue weighted by Gasteiger charge is -2.40. The van der Waals surface area contributed by atoms with E-state index in [9.17, 15) is 5.11 Å². The van der Waals surface area contributed by atoms with E-state index in [0.29, 0.717) is 0 Å². The molecule has 1 fully saturated rings. The zero-order chi connectivity index (χ0) is 13.3. The predicted octanol–water partition coefficient (Wildman–Crippen LogP) is 5.06. The van der Waals surface area contributed by atoms with Crippen LogP contribution in [0.15, 0.2) is 45.6 Å². The van der Waals surface area contributed by atoms with E-state index >= 15 is 0 Å². The molecular weight excluding hydrogens is 320 g/mol. The first kappa shape index (κ1) is 13.3. The SMILES string of the molecule is OC1(c2cscc2Br)CCCCC1c1ccccc1. The van der Waals surface area contributed by atoms with Crippen LogP contribution in [-0.2, 0) is 5.60 Å². The molecule has 0 saturated heterocycles. The highest BCUT2D eigenvalue weighted by Gasteiger charge is 2.42. The predicted molar refractivity (Wildman–Crippen MR) is 83.6 cm³/mol. The van der Waals surface area contributed by atoms with Gasteiger partial charge in [-0.2, -0.15) is 11.3 Å². The third-order valence-electron chi connectivity index (χ3n) is 4.16. The van der Waals surface area contributed by atoms with Crippen molar-refractivity contribution in [1.82, 2.24) is 0 Å². The lowest BCUT2D eigenvalue weighted by atomic mass is 9.69. The Morgan fingerprint density at radius 2 is 1.95 bits per heavy atom. The van der Waals surface area contributed by atoms with Gasteiger partial charge >= 0.3 is 0 Å². The van der Waals surface area contributed by atoms with Crippen molar-refractivity contribution >= 4 is 27.3 Å². The molecule has 1 aliphatic carbocycles. The number of halogens is 1. The summed E-state index contributed by atoms with van der Waals surface area (Å²) in [6.45, 7) is 0. The normalized spacial score (nSPS) is 27.4. The van der Waals surface area contributed by atoms with Gasteiger partial charge in [0.25, 0.3) is 0 Å². The largest absolute Gasteiger partial charge is 0.384 e. The summed E-state index contributed by atoms with van der Waals surface area (Å²) in [7, 11) is 0. The molecule has 1 aliphatic rings. The fraction of sp³-hybridized carbons (Fsp3) is 0.375. The zero-order valence-corrected chi connectivity index (χ0v) is 13.1. The molecule has 0 bridgehead atoms. The van der Waals surface area contributed by atoms with Crippen LogP contribution in [0.25, 0.3) is 0 Å². The molecule has 1 nitrogen and oxygen atoms in total. The van der Waals surface area contributed by atoms with E-state index in [0.717, 1.165) is 29.3 Å². The number of hydrogen-bond donors (Lipinski definition) is 1. The fourth-order valence-electron chi connectivity index (χ4n) is 3.20. The molecule has 1 aromatic carbocycles.